The molecule has 0 saturated carbocycles. The molecular weight excluding hydrogens is 384 g/mol. The van der Waals surface area contributed by atoms with Crippen LogP contribution >= 0.6 is 0 Å². The van der Waals surface area contributed by atoms with Gasteiger partial charge in [-0.3, -0.25) is 14.9 Å². The first-order chi connectivity index (χ1) is 14.5. The van der Waals surface area contributed by atoms with Gasteiger partial charge in [0.05, 0.1) is 22.3 Å². The SMILES string of the molecule is Cc1nc2ccccc2n1CCCNC(=O)c1ccc(-n2ccnc2)c([N+](=O)[O-])c1. The summed E-state index contributed by atoms with van der Waals surface area (Å²) in [6.45, 7) is 3.12. The van der Waals surface area contributed by atoms with Crippen molar-refractivity contribution in [2.24, 2.45) is 0 Å². The first-order valence-corrected chi connectivity index (χ1v) is 9.51. The van der Waals surface area contributed by atoms with E-state index in [-0.39, 0.29) is 17.2 Å². The Balaban J connectivity index is 1.41. The second-order valence-corrected chi connectivity index (χ2v) is 6.84. The van der Waals surface area contributed by atoms with Crippen molar-refractivity contribution in [2.45, 2.75) is 19.9 Å². The maximum atomic E-state index is 12.5. The molecule has 0 fully saturated rings. The largest absolute Gasteiger partial charge is 0.352 e. The van der Waals surface area contributed by atoms with Crippen molar-refractivity contribution in [3.63, 3.8) is 0 Å². The van der Waals surface area contributed by atoms with Gasteiger partial charge < -0.3 is 14.5 Å². The third-order valence-corrected chi connectivity index (χ3v) is 4.91. The molecule has 1 N–H and O–H groups in total. The summed E-state index contributed by atoms with van der Waals surface area (Å²) in [7, 11) is 0. The lowest BCUT2D eigenvalue weighted by atomic mass is 10.1. The minimum Gasteiger partial charge on any atom is -0.352 e. The Morgan fingerprint density at radius 1 is 1.23 bits per heavy atom. The summed E-state index contributed by atoms with van der Waals surface area (Å²) in [4.78, 5) is 31.9. The molecule has 2 aromatic heterocycles. The predicted octanol–water partition coefficient (Wildman–Crippen LogP) is 3.26. The minimum atomic E-state index is -0.501. The number of carbonyl (C=O) groups is 1. The van der Waals surface area contributed by atoms with Crippen LogP contribution in [0.25, 0.3) is 16.7 Å². The summed E-state index contributed by atoms with van der Waals surface area (Å²) >= 11 is 0. The molecular formula is C21H20N6O3. The highest BCUT2D eigenvalue weighted by Gasteiger charge is 2.18. The number of aryl methyl sites for hydroxylation is 2. The Labute approximate surface area is 172 Å². The van der Waals surface area contributed by atoms with Crippen molar-refractivity contribution in [3.05, 3.63) is 82.7 Å². The number of fused-ring (bicyclic) bond motifs is 1. The number of aromatic nitrogens is 4. The molecule has 1 amide bonds. The molecule has 2 heterocycles. The van der Waals surface area contributed by atoms with Gasteiger partial charge >= 0.3 is 0 Å². The van der Waals surface area contributed by atoms with Crippen LogP contribution in [0.2, 0.25) is 0 Å². The van der Waals surface area contributed by atoms with Crippen LogP contribution in [0.3, 0.4) is 0 Å². The van der Waals surface area contributed by atoms with Crippen molar-refractivity contribution in [3.8, 4) is 5.69 Å². The summed E-state index contributed by atoms with van der Waals surface area (Å²) in [5.41, 5.74) is 2.46. The number of hydrogen-bond acceptors (Lipinski definition) is 5. The second kappa shape index (κ2) is 8.16. The van der Waals surface area contributed by atoms with E-state index in [1.807, 2.05) is 31.2 Å². The van der Waals surface area contributed by atoms with Gasteiger partial charge in [0.1, 0.15) is 11.5 Å². The highest BCUT2D eigenvalue weighted by atomic mass is 16.6. The molecule has 0 saturated heterocycles. The average molecular weight is 404 g/mol. The van der Waals surface area contributed by atoms with E-state index in [2.05, 4.69) is 19.9 Å². The summed E-state index contributed by atoms with van der Waals surface area (Å²) in [6, 6.07) is 12.3. The number of rotatable bonds is 7. The van der Waals surface area contributed by atoms with Gasteiger partial charge in [0, 0.05) is 37.1 Å². The standard InChI is InChI=1S/C21H20N6O3/c1-15-24-17-5-2-3-6-18(17)26(15)11-4-9-23-21(28)16-7-8-19(20(13-16)27(29)30)25-12-10-22-14-25/h2-3,5-8,10,12-14H,4,9,11H2,1H3,(H,23,28). The van der Waals surface area contributed by atoms with Crippen LogP contribution in [-0.4, -0.2) is 36.5 Å². The summed E-state index contributed by atoms with van der Waals surface area (Å²) in [5, 5.41) is 14.3. The van der Waals surface area contributed by atoms with Gasteiger partial charge in [-0.15, -0.1) is 0 Å². The summed E-state index contributed by atoms with van der Waals surface area (Å²) in [5.74, 6) is 0.579. The zero-order valence-electron chi connectivity index (χ0n) is 16.4. The van der Waals surface area contributed by atoms with Crippen molar-refractivity contribution >= 4 is 22.6 Å². The van der Waals surface area contributed by atoms with Gasteiger partial charge in [-0.05, 0) is 37.6 Å². The molecule has 9 heteroatoms. The quantitative estimate of drug-likeness (QED) is 0.289. The van der Waals surface area contributed by atoms with Gasteiger partial charge in [0.25, 0.3) is 11.6 Å². The lowest BCUT2D eigenvalue weighted by Gasteiger charge is -2.09. The van der Waals surface area contributed by atoms with E-state index < -0.39 is 4.92 Å². The maximum absolute atomic E-state index is 12.5. The number of nitro groups is 1. The fourth-order valence-electron chi connectivity index (χ4n) is 3.45. The Kier molecular flexibility index (Phi) is 5.25. The first kappa shape index (κ1) is 19.3. The van der Waals surface area contributed by atoms with Gasteiger partial charge in [-0.2, -0.15) is 0 Å². The lowest BCUT2D eigenvalue weighted by Crippen LogP contribution is -2.25. The van der Waals surface area contributed by atoms with Crippen LogP contribution < -0.4 is 5.32 Å². The topological polar surface area (TPSA) is 108 Å². The number of nitrogens with zero attached hydrogens (tertiary/aromatic N) is 5. The van der Waals surface area contributed by atoms with E-state index in [0.717, 1.165) is 16.9 Å². The molecule has 0 atom stereocenters. The Morgan fingerprint density at radius 2 is 2.07 bits per heavy atom. The molecule has 0 spiro atoms. The number of hydrogen-bond donors (Lipinski definition) is 1. The molecule has 152 valence electrons. The van der Waals surface area contributed by atoms with Crippen LogP contribution in [0.1, 0.15) is 22.6 Å². The third-order valence-electron chi connectivity index (χ3n) is 4.91. The number of benzene rings is 2. The van der Waals surface area contributed by atoms with E-state index in [1.54, 1.807) is 18.3 Å². The molecule has 0 radical (unpaired) electrons. The highest BCUT2D eigenvalue weighted by molar-refractivity contribution is 5.95. The van der Waals surface area contributed by atoms with Crippen molar-refractivity contribution in [1.29, 1.82) is 0 Å². The number of carbonyl (C=O) groups excluding carboxylic acids is 1. The lowest BCUT2D eigenvalue weighted by molar-refractivity contribution is -0.384. The number of nitro benzene ring substituents is 1. The van der Waals surface area contributed by atoms with Gasteiger partial charge in [0.15, 0.2) is 0 Å². The molecule has 0 aliphatic heterocycles. The van der Waals surface area contributed by atoms with Gasteiger partial charge in [0.2, 0.25) is 0 Å². The van der Waals surface area contributed by atoms with Gasteiger partial charge in [-0.25, -0.2) is 9.97 Å². The fourth-order valence-corrected chi connectivity index (χ4v) is 3.45. The van der Waals surface area contributed by atoms with Crippen molar-refractivity contribution in [1.82, 2.24) is 24.4 Å². The summed E-state index contributed by atoms with van der Waals surface area (Å²) in [6.07, 6.45) is 5.34. The van der Waals surface area contributed by atoms with E-state index in [0.29, 0.717) is 25.2 Å². The fraction of sp³-hybridized carbons (Fsp3) is 0.190. The molecule has 4 rings (SSSR count). The second-order valence-electron chi connectivity index (χ2n) is 6.84. The van der Waals surface area contributed by atoms with E-state index in [9.17, 15) is 14.9 Å². The van der Waals surface area contributed by atoms with E-state index in [1.165, 1.54) is 23.2 Å². The van der Waals surface area contributed by atoms with Crippen molar-refractivity contribution < 1.29 is 9.72 Å². The number of nitrogens with one attached hydrogen (secondary N) is 1. The Morgan fingerprint density at radius 3 is 2.83 bits per heavy atom. The Hall–Kier alpha value is -4.01. The monoisotopic (exact) mass is 404 g/mol. The zero-order chi connectivity index (χ0) is 21.1. The minimum absolute atomic E-state index is 0.152. The van der Waals surface area contributed by atoms with Crippen LogP contribution in [0, 0.1) is 17.0 Å². The van der Waals surface area contributed by atoms with Crippen LogP contribution in [0.4, 0.5) is 5.69 Å². The number of imidazole rings is 2. The smallest absolute Gasteiger partial charge is 0.294 e. The maximum Gasteiger partial charge on any atom is 0.294 e. The molecule has 4 aromatic rings. The van der Waals surface area contributed by atoms with E-state index in [4.69, 9.17) is 0 Å². The van der Waals surface area contributed by atoms with Gasteiger partial charge in [-0.1, -0.05) is 12.1 Å². The third kappa shape index (κ3) is 3.77. The molecule has 9 nitrogen and oxygen atoms in total. The predicted molar refractivity (Wildman–Crippen MR) is 112 cm³/mol. The van der Waals surface area contributed by atoms with Crippen LogP contribution in [0.5, 0.6) is 0 Å². The molecule has 0 aliphatic carbocycles. The summed E-state index contributed by atoms with van der Waals surface area (Å²) < 4.78 is 3.66. The average Bonchev–Trinajstić information content (AvgIpc) is 3.38. The molecule has 0 bridgehead atoms. The zero-order valence-corrected chi connectivity index (χ0v) is 16.4. The normalized spacial score (nSPS) is 11.0. The van der Waals surface area contributed by atoms with Crippen LogP contribution in [-0.2, 0) is 6.54 Å². The number of amides is 1. The van der Waals surface area contributed by atoms with E-state index >= 15 is 0 Å². The van der Waals surface area contributed by atoms with Crippen molar-refractivity contribution in [2.75, 3.05) is 6.54 Å². The highest BCUT2D eigenvalue weighted by Crippen LogP contribution is 2.24. The Bertz CT molecular complexity index is 1210. The van der Waals surface area contributed by atoms with Crippen LogP contribution in [0.15, 0.2) is 61.2 Å². The molecule has 30 heavy (non-hydrogen) atoms. The first-order valence-electron chi connectivity index (χ1n) is 9.51. The molecule has 2 aromatic carbocycles. The molecule has 0 aliphatic rings. The molecule has 0 unspecified atom stereocenters. The number of para-hydroxylation sites is 2.